The molecule has 3 aliphatic heterocycles. The summed E-state index contributed by atoms with van der Waals surface area (Å²) in [6, 6.07) is 5.99. The first-order chi connectivity index (χ1) is 17.2. The Bertz CT molecular complexity index is 1130. The molecule has 1 fully saturated rings. The van der Waals surface area contributed by atoms with Gasteiger partial charge in [0.25, 0.3) is 0 Å². The van der Waals surface area contributed by atoms with Crippen LogP contribution in [0.2, 0.25) is 0 Å². The van der Waals surface area contributed by atoms with Crippen molar-refractivity contribution < 1.29 is 36.6 Å². The number of hydrogen-bond acceptors (Lipinski definition) is 7. The third-order valence-corrected chi connectivity index (χ3v) is 6.45. The van der Waals surface area contributed by atoms with Gasteiger partial charge in [-0.05, 0) is 43.5 Å². The van der Waals surface area contributed by atoms with Gasteiger partial charge in [0, 0.05) is 44.9 Å². The highest BCUT2D eigenvalue weighted by Crippen LogP contribution is 2.50. The molecule has 1 aromatic carbocycles. The summed E-state index contributed by atoms with van der Waals surface area (Å²) in [6.45, 7) is 3.76. The third-order valence-electron chi connectivity index (χ3n) is 6.45. The number of benzene rings is 1. The minimum Gasteiger partial charge on any atom is -0.478 e. The van der Waals surface area contributed by atoms with Crippen LogP contribution in [0.5, 0.6) is 17.4 Å². The number of nitrogens with zero attached hydrogens (tertiary/aromatic N) is 3. The SMILES string of the molecule is O=C1CCc2cnc(OCCCCN3CCN(c4cccc5c4OC(F)(F)C(F)(F)O5)CC3)cc2N1. The Morgan fingerprint density at radius 2 is 1.81 bits per heavy atom. The van der Waals surface area contributed by atoms with Crippen molar-refractivity contribution in [1.29, 1.82) is 0 Å². The molecule has 0 atom stereocenters. The highest BCUT2D eigenvalue weighted by molar-refractivity contribution is 5.93. The van der Waals surface area contributed by atoms with E-state index in [1.807, 2.05) is 4.90 Å². The fraction of sp³-hybridized carbons (Fsp3) is 0.500. The topological polar surface area (TPSA) is 76.2 Å². The number of piperazine rings is 1. The number of ether oxygens (including phenoxy) is 3. The van der Waals surface area contributed by atoms with Gasteiger partial charge in [0.2, 0.25) is 11.8 Å². The van der Waals surface area contributed by atoms with E-state index in [4.69, 9.17) is 4.74 Å². The second-order valence-electron chi connectivity index (χ2n) is 8.95. The molecular weight excluding hydrogens is 484 g/mol. The van der Waals surface area contributed by atoms with Gasteiger partial charge >= 0.3 is 12.2 Å². The number of para-hydroxylation sites is 1. The summed E-state index contributed by atoms with van der Waals surface area (Å²) in [5.41, 5.74) is 2.07. The van der Waals surface area contributed by atoms with Crippen LogP contribution in [0, 0.1) is 0 Å². The first-order valence-corrected chi connectivity index (χ1v) is 11.9. The number of anilines is 2. The van der Waals surface area contributed by atoms with Crippen LogP contribution < -0.4 is 24.4 Å². The fourth-order valence-electron chi connectivity index (χ4n) is 4.47. The van der Waals surface area contributed by atoms with Crippen LogP contribution in [0.25, 0.3) is 0 Å². The fourth-order valence-corrected chi connectivity index (χ4v) is 4.47. The van der Waals surface area contributed by atoms with Gasteiger partial charge in [0.05, 0.1) is 18.0 Å². The zero-order chi connectivity index (χ0) is 25.3. The summed E-state index contributed by atoms with van der Waals surface area (Å²) in [7, 11) is 0. The number of aromatic nitrogens is 1. The number of hydrogen-bond donors (Lipinski definition) is 1. The van der Waals surface area contributed by atoms with Gasteiger partial charge < -0.3 is 24.4 Å². The van der Waals surface area contributed by atoms with Crippen molar-refractivity contribution in [3.8, 4) is 17.4 Å². The van der Waals surface area contributed by atoms with Crippen molar-refractivity contribution in [2.75, 3.05) is 49.5 Å². The lowest BCUT2D eigenvalue weighted by Crippen LogP contribution is -2.52. The third kappa shape index (κ3) is 4.99. The number of pyridine rings is 1. The molecule has 0 radical (unpaired) electrons. The Morgan fingerprint density at radius 1 is 1.03 bits per heavy atom. The van der Waals surface area contributed by atoms with E-state index < -0.39 is 18.0 Å². The van der Waals surface area contributed by atoms with Crippen molar-refractivity contribution in [2.24, 2.45) is 0 Å². The van der Waals surface area contributed by atoms with Gasteiger partial charge in [-0.3, -0.25) is 9.69 Å². The summed E-state index contributed by atoms with van der Waals surface area (Å²) >= 11 is 0. The lowest BCUT2D eigenvalue weighted by Gasteiger charge is -2.39. The molecule has 2 aromatic rings. The summed E-state index contributed by atoms with van der Waals surface area (Å²) in [6.07, 6.45) is -4.90. The molecule has 0 unspecified atom stereocenters. The van der Waals surface area contributed by atoms with Crippen LogP contribution in [0.15, 0.2) is 30.5 Å². The highest BCUT2D eigenvalue weighted by Gasteiger charge is 2.66. The van der Waals surface area contributed by atoms with Crippen LogP contribution in [0.1, 0.15) is 24.8 Å². The second-order valence-corrected chi connectivity index (χ2v) is 8.95. The van der Waals surface area contributed by atoms with Gasteiger partial charge in [0.15, 0.2) is 11.5 Å². The lowest BCUT2D eigenvalue weighted by atomic mass is 10.1. The maximum atomic E-state index is 13.7. The first-order valence-electron chi connectivity index (χ1n) is 11.9. The van der Waals surface area contributed by atoms with E-state index >= 15 is 0 Å². The monoisotopic (exact) mass is 510 g/mol. The van der Waals surface area contributed by atoms with E-state index in [0.717, 1.165) is 30.6 Å². The van der Waals surface area contributed by atoms with E-state index in [-0.39, 0.29) is 11.7 Å². The van der Waals surface area contributed by atoms with Crippen LogP contribution in [-0.4, -0.2) is 67.3 Å². The Balaban J connectivity index is 1.07. The summed E-state index contributed by atoms with van der Waals surface area (Å²) in [4.78, 5) is 19.9. The number of alkyl halides is 4. The number of rotatable bonds is 7. The van der Waals surface area contributed by atoms with Gasteiger partial charge in [-0.2, -0.15) is 17.6 Å². The normalized spacial score (nSPS) is 20.4. The number of fused-ring (bicyclic) bond motifs is 2. The molecular formula is C24H26F4N4O4. The molecule has 0 aliphatic carbocycles. The zero-order valence-corrected chi connectivity index (χ0v) is 19.4. The van der Waals surface area contributed by atoms with Crippen molar-refractivity contribution >= 4 is 17.3 Å². The predicted molar refractivity (Wildman–Crippen MR) is 122 cm³/mol. The van der Waals surface area contributed by atoms with Gasteiger partial charge in [-0.15, -0.1) is 0 Å². The van der Waals surface area contributed by atoms with Gasteiger partial charge in [-0.1, -0.05) is 6.07 Å². The quantitative estimate of drug-likeness (QED) is 0.447. The Hall–Kier alpha value is -3.28. The molecule has 5 rings (SSSR count). The molecule has 194 valence electrons. The average Bonchev–Trinajstić information content (AvgIpc) is 2.84. The molecule has 4 heterocycles. The predicted octanol–water partition coefficient (Wildman–Crippen LogP) is 3.90. The molecule has 3 aliphatic rings. The maximum Gasteiger partial charge on any atom is 0.507 e. The average molecular weight is 510 g/mol. The molecule has 12 heteroatoms. The standard InChI is InChI=1S/C24H26F4N4O4/c25-23(26)24(27,28)36-22-18(4-3-5-19(22)35-23)32-11-9-31(10-12-32)8-1-2-13-34-21-14-17-16(15-29-21)6-7-20(33)30-17/h3-5,14-15H,1-2,6-13H2,(H,30,33). The molecule has 1 amide bonds. The number of amides is 1. The zero-order valence-electron chi connectivity index (χ0n) is 19.4. The number of halogens is 4. The molecule has 0 bridgehead atoms. The minimum atomic E-state index is -4.75. The van der Waals surface area contributed by atoms with E-state index in [9.17, 15) is 22.4 Å². The maximum absolute atomic E-state index is 13.7. The van der Waals surface area contributed by atoms with Crippen molar-refractivity contribution in [2.45, 2.75) is 37.9 Å². The van der Waals surface area contributed by atoms with Crippen molar-refractivity contribution in [1.82, 2.24) is 9.88 Å². The van der Waals surface area contributed by atoms with Crippen LogP contribution >= 0.6 is 0 Å². The van der Waals surface area contributed by atoms with Crippen LogP contribution in [-0.2, 0) is 11.2 Å². The van der Waals surface area contributed by atoms with Crippen LogP contribution in [0.3, 0.4) is 0 Å². The molecule has 1 saturated heterocycles. The molecule has 1 aromatic heterocycles. The van der Waals surface area contributed by atoms with E-state index in [0.29, 0.717) is 57.2 Å². The van der Waals surface area contributed by atoms with E-state index in [2.05, 4.69) is 24.7 Å². The number of nitrogens with one attached hydrogen (secondary N) is 1. The highest BCUT2D eigenvalue weighted by atomic mass is 19.3. The summed E-state index contributed by atoms with van der Waals surface area (Å²) in [5, 5.41) is 2.83. The Morgan fingerprint density at radius 3 is 2.61 bits per heavy atom. The Kier molecular flexibility index (Phi) is 6.54. The Labute approximate surface area is 205 Å². The number of carbonyl (C=O) groups is 1. The molecule has 1 N–H and O–H groups in total. The summed E-state index contributed by atoms with van der Waals surface area (Å²) < 4.78 is 68.8. The first kappa shape index (κ1) is 24.4. The molecule has 36 heavy (non-hydrogen) atoms. The van der Waals surface area contributed by atoms with E-state index in [1.165, 1.54) is 12.1 Å². The second kappa shape index (κ2) is 9.64. The van der Waals surface area contributed by atoms with Gasteiger partial charge in [0.1, 0.15) is 0 Å². The van der Waals surface area contributed by atoms with E-state index in [1.54, 1.807) is 18.3 Å². The smallest absolute Gasteiger partial charge is 0.478 e. The van der Waals surface area contributed by atoms with Crippen LogP contribution in [0.4, 0.5) is 28.9 Å². The van der Waals surface area contributed by atoms with Crippen molar-refractivity contribution in [3.05, 3.63) is 36.0 Å². The molecule has 0 spiro atoms. The largest absolute Gasteiger partial charge is 0.507 e. The number of carbonyl (C=O) groups excluding carboxylic acids is 1. The molecule has 0 saturated carbocycles. The summed E-state index contributed by atoms with van der Waals surface area (Å²) in [5.74, 6) is -0.298. The number of aryl methyl sites for hydroxylation is 1. The van der Waals surface area contributed by atoms with Gasteiger partial charge in [-0.25, -0.2) is 4.98 Å². The van der Waals surface area contributed by atoms with Crippen molar-refractivity contribution in [3.63, 3.8) is 0 Å². The molecule has 8 nitrogen and oxygen atoms in total. The number of unbranched alkanes of at least 4 members (excludes halogenated alkanes) is 1. The minimum absolute atomic E-state index is 0.00718. The lowest BCUT2D eigenvalue weighted by molar-refractivity contribution is -0.391.